The van der Waals surface area contributed by atoms with E-state index in [1.165, 1.54) is 32.1 Å². The molecule has 6 heteroatoms. The molecule has 0 amide bonds. The molecule has 154 valence electrons. The van der Waals surface area contributed by atoms with Gasteiger partial charge in [0.25, 0.3) is 11.6 Å². The fraction of sp³-hybridized carbons (Fsp3) is 0.522. The molecule has 0 radical (unpaired) electrons. The van der Waals surface area contributed by atoms with Crippen molar-refractivity contribution < 1.29 is 13.9 Å². The summed E-state index contributed by atoms with van der Waals surface area (Å²) in [6.07, 6.45) is 7.18. The monoisotopic (exact) mass is 395 g/mol. The summed E-state index contributed by atoms with van der Waals surface area (Å²) in [5.74, 6) is 1.52. The van der Waals surface area contributed by atoms with Gasteiger partial charge in [0.1, 0.15) is 0 Å². The second-order valence-corrected chi connectivity index (χ2v) is 8.02. The van der Waals surface area contributed by atoms with E-state index < -0.39 is 0 Å². The molecule has 0 N–H and O–H groups in total. The molecule has 3 aromatic rings. The van der Waals surface area contributed by atoms with Gasteiger partial charge in [0.05, 0.1) is 13.2 Å². The van der Waals surface area contributed by atoms with Gasteiger partial charge >= 0.3 is 6.01 Å². The second kappa shape index (κ2) is 8.80. The van der Waals surface area contributed by atoms with Gasteiger partial charge in [0, 0.05) is 5.56 Å². The number of benzene rings is 1. The van der Waals surface area contributed by atoms with Crippen molar-refractivity contribution >= 4 is 11.2 Å². The molecule has 0 saturated heterocycles. The molecule has 0 atom stereocenters. The minimum absolute atomic E-state index is 0.303. The fourth-order valence-electron chi connectivity index (χ4n) is 3.91. The first kappa shape index (κ1) is 19.7. The SMILES string of the molecule is CCCOc1nc(OCC2CCCCC2)nc2oc(-c3cc(C)cc(C)c3)nc12. The van der Waals surface area contributed by atoms with Gasteiger partial charge in [0.2, 0.25) is 5.89 Å². The Kier molecular flexibility index (Phi) is 5.97. The first-order valence-corrected chi connectivity index (χ1v) is 10.6. The van der Waals surface area contributed by atoms with Gasteiger partial charge in [-0.25, -0.2) is 4.98 Å². The zero-order chi connectivity index (χ0) is 20.2. The van der Waals surface area contributed by atoms with Gasteiger partial charge in [-0.15, -0.1) is 0 Å². The molecule has 6 nitrogen and oxygen atoms in total. The number of aromatic nitrogens is 3. The molecule has 1 aliphatic rings. The number of rotatable bonds is 7. The van der Waals surface area contributed by atoms with Crippen molar-refractivity contribution in [2.24, 2.45) is 5.92 Å². The lowest BCUT2D eigenvalue weighted by molar-refractivity contribution is 0.193. The summed E-state index contributed by atoms with van der Waals surface area (Å²) >= 11 is 0. The van der Waals surface area contributed by atoms with Crippen molar-refractivity contribution in [3.63, 3.8) is 0 Å². The first-order chi connectivity index (χ1) is 14.1. The Morgan fingerprint density at radius 3 is 2.45 bits per heavy atom. The highest BCUT2D eigenvalue weighted by Gasteiger charge is 2.20. The van der Waals surface area contributed by atoms with Crippen LogP contribution < -0.4 is 9.47 Å². The lowest BCUT2D eigenvalue weighted by atomic mass is 9.90. The zero-order valence-corrected chi connectivity index (χ0v) is 17.5. The molecule has 0 bridgehead atoms. The smallest absolute Gasteiger partial charge is 0.323 e. The number of hydrogen-bond acceptors (Lipinski definition) is 6. The summed E-state index contributed by atoms with van der Waals surface area (Å²) in [5.41, 5.74) is 4.18. The third-order valence-corrected chi connectivity index (χ3v) is 5.29. The van der Waals surface area contributed by atoms with E-state index in [0.29, 0.717) is 48.1 Å². The van der Waals surface area contributed by atoms with Gasteiger partial charge in [-0.1, -0.05) is 43.4 Å². The Morgan fingerprint density at radius 1 is 0.966 bits per heavy atom. The van der Waals surface area contributed by atoms with E-state index in [2.05, 4.69) is 53.9 Å². The molecule has 2 aromatic heterocycles. The molecule has 0 unspecified atom stereocenters. The molecule has 1 saturated carbocycles. The van der Waals surface area contributed by atoms with Gasteiger partial charge < -0.3 is 13.9 Å². The highest BCUT2D eigenvalue weighted by atomic mass is 16.5. The molecule has 0 aliphatic heterocycles. The topological polar surface area (TPSA) is 70.3 Å². The molecule has 0 spiro atoms. The molecular weight excluding hydrogens is 366 g/mol. The minimum Gasteiger partial charge on any atom is -0.476 e. The largest absolute Gasteiger partial charge is 0.476 e. The summed E-state index contributed by atoms with van der Waals surface area (Å²) in [6.45, 7) is 7.37. The van der Waals surface area contributed by atoms with E-state index in [1.807, 2.05) is 0 Å². The third kappa shape index (κ3) is 4.69. The molecular formula is C23H29N3O3. The van der Waals surface area contributed by atoms with Crippen LogP contribution in [-0.2, 0) is 0 Å². The van der Waals surface area contributed by atoms with Crippen molar-refractivity contribution in [3.8, 4) is 23.3 Å². The van der Waals surface area contributed by atoms with Crippen LogP contribution in [0.1, 0.15) is 56.6 Å². The normalized spacial score (nSPS) is 15.0. The number of oxazole rings is 1. The minimum atomic E-state index is 0.303. The van der Waals surface area contributed by atoms with Crippen LogP contribution in [0.2, 0.25) is 0 Å². The van der Waals surface area contributed by atoms with Gasteiger partial charge in [-0.2, -0.15) is 9.97 Å². The van der Waals surface area contributed by atoms with Crippen LogP contribution in [0, 0.1) is 19.8 Å². The van der Waals surface area contributed by atoms with Crippen LogP contribution in [0.3, 0.4) is 0 Å². The molecule has 4 rings (SSSR count). The maximum atomic E-state index is 5.99. The second-order valence-electron chi connectivity index (χ2n) is 8.02. The molecule has 29 heavy (non-hydrogen) atoms. The van der Waals surface area contributed by atoms with Crippen LogP contribution in [0.25, 0.3) is 22.7 Å². The average molecular weight is 396 g/mol. The summed E-state index contributed by atoms with van der Waals surface area (Å²) < 4.78 is 17.8. The lowest BCUT2D eigenvalue weighted by Gasteiger charge is -2.20. The Hall–Kier alpha value is -2.63. The molecule has 2 heterocycles. The van der Waals surface area contributed by atoms with E-state index in [-0.39, 0.29) is 0 Å². The quantitative estimate of drug-likeness (QED) is 0.515. The first-order valence-electron chi connectivity index (χ1n) is 10.6. The van der Waals surface area contributed by atoms with E-state index in [1.54, 1.807) is 0 Å². The number of fused-ring (bicyclic) bond motifs is 1. The van der Waals surface area contributed by atoms with Crippen molar-refractivity contribution in [1.82, 2.24) is 15.0 Å². The van der Waals surface area contributed by atoms with Crippen molar-refractivity contribution in [2.45, 2.75) is 59.3 Å². The number of hydrogen-bond donors (Lipinski definition) is 0. The van der Waals surface area contributed by atoms with Crippen molar-refractivity contribution in [3.05, 3.63) is 29.3 Å². The standard InChI is InChI=1S/C23H29N3O3/c1-4-10-27-21-19-22(26-23(25-21)28-14-17-8-6-5-7-9-17)29-20(24-19)18-12-15(2)11-16(3)13-18/h11-13,17H,4-10,14H2,1-3H3. The summed E-state index contributed by atoms with van der Waals surface area (Å²) in [7, 11) is 0. The predicted octanol–water partition coefficient (Wildman–Crippen LogP) is 5.65. The maximum Gasteiger partial charge on any atom is 0.323 e. The Labute approximate surface area is 171 Å². The van der Waals surface area contributed by atoms with E-state index in [0.717, 1.165) is 23.1 Å². The highest BCUT2D eigenvalue weighted by molar-refractivity contribution is 5.78. The number of ether oxygens (including phenoxy) is 2. The average Bonchev–Trinajstić information content (AvgIpc) is 3.15. The van der Waals surface area contributed by atoms with E-state index in [4.69, 9.17) is 13.9 Å². The molecule has 1 aromatic carbocycles. The van der Waals surface area contributed by atoms with Crippen LogP contribution in [0.15, 0.2) is 22.6 Å². The van der Waals surface area contributed by atoms with Crippen LogP contribution in [0.4, 0.5) is 0 Å². The van der Waals surface area contributed by atoms with Gasteiger partial charge in [-0.05, 0) is 51.2 Å². The van der Waals surface area contributed by atoms with Crippen LogP contribution in [-0.4, -0.2) is 28.2 Å². The predicted molar refractivity (Wildman–Crippen MR) is 112 cm³/mol. The molecule has 1 fully saturated rings. The van der Waals surface area contributed by atoms with Crippen molar-refractivity contribution in [1.29, 1.82) is 0 Å². The summed E-state index contributed by atoms with van der Waals surface area (Å²) in [4.78, 5) is 13.6. The Bertz CT molecular complexity index is 957. The van der Waals surface area contributed by atoms with E-state index >= 15 is 0 Å². The summed E-state index contributed by atoms with van der Waals surface area (Å²) in [6, 6.07) is 6.53. The zero-order valence-electron chi connectivity index (χ0n) is 17.5. The number of aryl methyl sites for hydroxylation is 2. The third-order valence-electron chi connectivity index (χ3n) is 5.29. The Balaban J connectivity index is 1.65. The van der Waals surface area contributed by atoms with E-state index in [9.17, 15) is 0 Å². The van der Waals surface area contributed by atoms with Crippen molar-refractivity contribution in [2.75, 3.05) is 13.2 Å². The highest BCUT2D eigenvalue weighted by Crippen LogP contribution is 2.31. The maximum absolute atomic E-state index is 5.99. The molecule has 1 aliphatic carbocycles. The van der Waals surface area contributed by atoms with Gasteiger partial charge in [0.15, 0.2) is 5.52 Å². The van der Waals surface area contributed by atoms with Crippen LogP contribution >= 0.6 is 0 Å². The summed E-state index contributed by atoms with van der Waals surface area (Å²) in [5, 5.41) is 0. The van der Waals surface area contributed by atoms with Gasteiger partial charge in [-0.3, -0.25) is 0 Å². The van der Waals surface area contributed by atoms with Crippen LogP contribution in [0.5, 0.6) is 11.9 Å². The Morgan fingerprint density at radius 2 is 1.72 bits per heavy atom. The number of nitrogens with zero attached hydrogens (tertiary/aromatic N) is 3. The lowest BCUT2D eigenvalue weighted by Crippen LogP contribution is -2.16. The fourth-order valence-corrected chi connectivity index (χ4v) is 3.91.